The Labute approximate surface area is 122 Å². The number of nitrogens with one attached hydrogen (secondary N) is 1. The van der Waals surface area contributed by atoms with E-state index in [4.69, 9.17) is 0 Å². The van der Waals surface area contributed by atoms with E-state index in [1.807, 2.05) is 6.26 Å². The summed E-state index contributed by atoms with van der Waals surface area (Å²) < 4.78 is 0. The minimum atomic E-state index is 0.116. The predicted molar refractivity (Wildman–Crippen MR) is 84.7 cm³/mol. The lowest BCUT2D eigenvalue weighted by molar-refractivity contribution is -0.119. The molecule has 1 amide bonds. The normalized spacial score (nSPS) is 17.5. The van der Waals surface area contributed by atoms with Gasteiger partial charge in [0.1, 0.15) is 0 Å². The number of aliphatic imine (C=N–C) groups is 1. The van der Waals surface area contributed by atoms with Crippen molar-refractivity contribution in [3.8, 4) is 0 Å². The molecule has 1 N–H and O–H groups in total. The molecule has 19 heavy (non-hydrogen) atoms. The molecule has 0 bridgehead atoms. The van der Waals surface area contributed by atoms with Crippen LogP contribution in [-0.4, -0.2) is 23.9 Å². The molecule has 0 heterocycles. The topological polar surface area (TPSA) is 41.5 Å². The predicted octanol–water partition coefficient (Wildman–Crippen LogP) is 3.98. The van der Waals surface area contributed by atoms with Gasteiger partial charge in [-0.3, -0.25) is 9.79 Å². The Hall–Kier alpha value is -0.510. The van der Waals surface area contributed by atoms with Crippen molar-refractivity contribution in [2.75, 3.05) is 12.8 Å². The third kappa shape index (κ3) is 7.61. The van der Waals surface area contributed by atoms with Crippen LogP contribution in [0, 0.1) is 5.92 Å². The molecular formula is C15H28N2OS. The van der Waals surface area contributed by atoms with E-state index in [0.29, 0.717) is 6.42 Å². The van der Waals surface area contributed by atoms with E-state index >= 15 is 0 Å². The lowest BCUT2D eigenvalue weighted by Gasteiger charge is -2.19. The molecule has 1 rings (SSSR count). The summed E-state index contributed by atoms with van der Waals surface area (Å²) in [6, 6.07) is 0. The van der Waals surface area contributed by atoms with Gasteiger partial charge in [-0.25, -0.2) is 0 Å². The number of amides is 1. The van der Waals surface area contributed by atoms with E-state index < -0.39 is 0 Å². The number of nitrogens with zero attached hydrogens (tertiary/aromatic N) is 1. The van der Waals surface area contributed by atoms with E-state index in [-0.39, 0.29) is 5.91 Å². The van der Waals surface area contributed by atoms with Gasteiger partial charge in [0.25, 0.3) is 0 Å². The highest BCUT2D eigenvalue weighted by Crippen LogP contribution is 2.23. The standard InChI is InChI=1S/C15H28N2OS/c1-3-4-6-11-14(18)17-15(19-2)16-12-13-9-7-5-8-10-13/h13H,3-12H2,1-2H3,(H,16,17,18). The highest BCUT2D eigenvalue weighted by atomic mass is 32.2. The first-order chi connectivity index (χ1) is 9.26. The zero-order valence-corrected chi connectivity index (χ0v) is 13.2. The molecule has 0 aromatic carbocycles. The Kier molecular flexibility index (Phi) is 8.97. The molecule has 0 unspecified atom stereocenters. The van der Waals surface area contributed by atoms with Crippen LogP contribution in [0.2, 0.25) is 0 Å². The van der Waals surface area contributed by atoms with Crippen LogP contribution >= 0.6 is 11.8 Å². The maximum atomic E-state index is 11.7. The van der Waals surface area contributed by atoms with Crippen molar-refractivity contribution in [2.45, 2.75) is 64.7 Å². The quantitative estimate of drug-likeness (QED) is 0.455. The molecule has 1 aliphatic carbocycles. The molecule has 0 radical (unpaired) electrons. The number of unbranched alkanes of at least 4 members (excludes halogenated alkanes) is 2. The molecule has 0 aliphatic heterocycles. The van der Waals surface area contributed by atoms with Gasteiger partial charge in [-0.1, -0.05) is 50.8 Å². The van der Waals surface area contributed by atoms with E-state index in [0.717, 1.165) is 36.9 Å². The largest absolute Gasteiger partial charge is 0.305 e. The molecule has 0 aromatic rings. The molecule has 4 heteroatoms. The van der Waals surface area contributed by atoms with Gasteiger partial charge in [0, 0.05) is 13.0 Å². The zero-order valence-electron chi connectivity index (χ0n) is 12.4. The fourth-order valence-corrected chi connectivity index (χ4v) is 2.87. The molecule has 110 valence electrons. The minimum absolute atomic E-state index is 0.116. The van der Waals surface area contributed by atoms with Crippen molar-refractivity contribution >= 4 is 22.8 Å². The molecule has 0 aromatic heterocycles. The Morgan fingerprint density at radius 3 is 2.63 bits per heavy atom. The molecule has 1 saturated carbocycles. The van der Waals surface area contributed by atoms with Crippen molar-refractivity contribution in [1.82, 2.24) is 5.32 Å². The molecule has 0 saturated heterocycles. The Balaban J connectivity index is 2.28. The Bertz CT molecular complexity index is 286. The number of thioether (sulfide) groups is 1. The fraction of sp³-hybridized carbons (Fsp3) is 0.867. The van der Waals surface area contributed by atoms with E-state index in [1.54, 1.807) is 11.8 Å². The Morgan fingerprint density at radius 2 is 2.00 bits per heavy atom. The monoisotopic (exact) mass is 284 g/mol. The maximum absolute atomic E-state index is 11.7. The summed E-state index contributed by atoms with van der Waals surface area (Å²) >= 11 is 1.54. The first kappa shape index (κ1) is 16.5. The van der Waals surface area contributed by atoms with Crippen molar-refractivity contribution in [1.29, 1.82) is 0 Å². The van der Waals surface area contributed by atoms with Crippen LogP contribution in [-0.2, 0) is 4.79 Å². The number of hydrogen-bond acceptors (Lipinski definition) is 3. The number of rotatable bonds is 6. The summed E-state index contributed by atoms with van der Waals surface area (Å²) in [5, 5.41) is 3.74. The molecule has 0 spiro atoms. The molecule has 0 atom stereocenters. The lowest BCUT2D eigenvalue weighted by atomic mass is 9.89. The highest BCUT2D eigenvalue weighted by molar-refractivity contribution is 8.13. The molecular weight excluding hydrogens is 256 g/mol. The highest BCUT2D eigenvalue weighted by Gasteiger charge is 2.13. The average molecular weight is 284 g/mol. The van der Waals surface area contributed by atoms with Crippen LogP contribution in [0.15, 0.2) is 4.99 Å². The summed E-state index contributed by atoms with van der Waals surface area (Å²) in [4.78, 5) is 16.3. The number of hydrogen-bond donors (Lipinski definition) is 1. The zero-order chi connectivity index (χ0) is 13.9. The molecule has 3 nitrogen and oxygen atoms in total. The van der Waals surface area contributed by atoms with Crippen LogP contribution < -0.4 is 5.32 Å². The lowest BCUT2D eigenvalue weighted by Crippen LogP contribution is -2.28. The minimum Gasteiger partial charge on any atom is -0.305 e. The first-order valence-corrected chi connectivity index (χ1v) is 8.87. The van der Waals surface area contributed by atoms with Crippen molar-refractivity contribution in [3.05, 3.63) is 0 Å². The number of carbonyl (C=O) groups excluding carboxylic acids is 1. The van der Waals surface area contributed by atoms with Crippen molar-refractivity contribution < 1.29 is 4.79 Å². The van der Waals surface area contributed by atoms with Crippen molar-refractivity contribution in [3.63, 3.8) is 0 Å². The average Bonchev–Trinajstić information content (AvgIpc) is 2.45. The fourth-order valence-electron chi connectivity index (χ4n) is 2.45. The van der Waals surface area contributed by atoms with Gasteiger partial charge >= 0.3 is 0 Å². The second-order valence-electron chi connectivity index (χ2n) is 5.36. The van der Waals surface area contributed by atoms with Crippen molar-refractivity contribution in [2.24, 2.45) is 10.9 Å². The number of amidine groups is 1. The summed E-state index contributed by atoms with van der Waals surface area (Å²) in [5.74, 6) is 0.845. The summed E-state index contributed by atoms with van der Waals surface area (Å²) in [7, 11) is 0. The Morgan fingerprint density at radius 1 is 1.26 bits per heavy atom. The third-order valence-corrected chi connectivity index (χ3v) is 4.28. The van der Waals surface area contributed by atoms with Gasteiger partial charge < -0.3 is 5.32 Å². The van der Waals surface area contributed by atoms with Gasteiger partial charge in [-0.2, -0.15) is 0 Å². The van der Waals surface area contributed by atoms with Gasteiger partial charge in [-0.05, 0) is 31.4 Å². The van der Waals surface area contributed by atoms with Crippen LogP contribution in [0.3, 0.4) is 0 Å². The number of carbonyl (C=O) groups is 1. The van der Waals surface area contributed by atoms with Gasteiger partial charge in [-0.15, -0.1) is 0 Å². The smallest absolute Gasteiger partial charge is 0.225 e. The van der Waals surface area contributed by atoms with Crippen LogP contribution in [0.4, 0.5) is 0 Å². The van der Waals surface area contributed by atoms with E-state index in [2.05, 4.69) is 17.2 Å². The SMILES string of the molecule is CCCCCC(=O)NC(=NCC1CCCCC1)SC. The van der Waals surface area contributed by atoms with Crippen LogP contribution in [0.5, 0.6) is 0 Å². The van der Waals surface area contributed by atoms with Gasteiger partial charge in [0.05, 0.1) is 0 Å². The summed E-state index contributed by atoms with van der Waals surface area (Å²) in [5.41, 5.74) is 0. The summed E-state index contributed by atoms with van der Waals surface area (Å²) in [6.07, 6.45) is 12.5. The van der Waals surface area contributed by atoms with Gasteiger partial charge in [0.15, 0.2) is 5.17 Å². The van der Waals surface area contributed by atoms with Crippen LogP contribution in [0.1, 0.15) is 64.7 Å². The van der Waals surface area contributed by atoms with E-state index in [9.17, 15) is 4.79 Å². The second-order valence-corrected chi connectivity index (χ2v) is 6.15. The molecule has 1 aliphatic rings. The van der Waals surface area contributed by atoms with Gasteiger partial charge in [0.2, 0.25) is 5.91 Å². The maximum Gasteiger partial charge on any atom is 0.225 e. The second kappa shape index (κ2) is 10.3. The van der Waals surface area contributed by atoms with E-state index in [1.165, 1.54) is 32.1 Å². The third-order valence-electron chi connectivity index (χ3n) is 3.66. The van der Waals surface area contributed by atoms with Crippen LogP contribution in [0.25, 0.3) is 0 Å². The first-order valence-electron chi connectivity index (χ1n) is 7.64. The molecule has 1 fully saturated rings. The summed E-state index contributed by atoms with van der Waals surface area (Å²) in [6.45, 7) is 3.03.